The van der Waals surface area contributed by atoms with E-state index in [0.717, 1.165) is 0 Å². The van der Waals surface area contributed by atoms with Gasteiger partial charge in [0, 0.05) is 23.4 Å². The Labute approximate surface area is 224 Å². The molecule has 0 fully saturated rings. The molecule has 0 saturated heterocycles. The van der Waals surface area contributed by atoms with Gasteiger partial charge in [0.25, 0.3) is 11.6 Å². The molecular formula is C25H14Cl2N4O5S. The Morgan fingerprint density at radius 1 is 1.00 bits per heavy atom. The standard InChI is InChI=1S/C25H14Cl2N4O5S/c26-17-6-2-5-16(22(17)27)24-29-18-12-14(7-8-20(18)36-24)28-25(37)30-23(32)21-10-9-19(35-21)13-3-1-4-15(11-13)31(33)34/h1-12H,(H2,28,30,32,37). The van der Waals surface area contributed by atoms with Crippen molar-refractivity contribution in [2.24, 2.45) is 0 Å². The summed E-state index contributed by atoms with van der Waals surface area (Å²) in [4.78, 5) is 27.6. The molecule has 2 heterocycles. The fourth-order valence-electron chi connectivity index (χ4n) is 3.50. The van der Waals surface area contributed by atoms with E-state index in [1.807, 2.05) is 0 Å². The Bertz CT molecular complexity index is 1700. The Hall–Kier alpha value is -4.25. The normalized spacial score (nSPS) is 10.9. The van der Waals surface area contributed by atoms with Crippen LogP contribution < -0.4 is 10.6 Å². The number of non-ortho nitro benzene ring substituents is 1. The van der Waals surface area contributed by atoms with E-state index in [2.05, 4.69) is 15.6 Å². The summed E-state index contributed by atoms with van der Waals surface area (Å²) in [6.07, 6.45) is 0. The fourth-order valence-corrected chi connectivity index (χ4v) is 4.10. The van der Waals surface area contributed by atoms with Crippen LogP contribution in [0.4, 0.5) is 11.4 Å². The lowest BCUT2D eigenvalue weighted by molar-refractivity contribution is -0.384. The van der Waals surface area contributed by atoms with Gasteiger partial charge in [-0.05, 0) is 54.7 Å². The molecule has 1 amide bonds. The first-order valence-electron chi connectivity index (χ1n) is 10.6. The summed E-state index contributed by atoms with van der Waals surface area (Å²) < 4.78 is 11.4. The van der Waals surface area contributed by atoms with E-state index in [1.165, 1.54) is 24.3 Å². The Morgan fingerprint density at radius 2 is 1.81 bits per heavy atom. The molecule has 37 heavy (non-hydrogen) atoms. The Kier molecular flexibility index (Phi) is 6.62. The third-order valence-electron chi connectivity index (χ3n) is 5.23. The van der Waals surface area contributed by atoms with Crippen molar-refractivity contribution in [2.75, 3.05) is 5.32 Å². The number of oxazole rings is 1. The van der Waals surface area contributed by atoms with Crippen LogP contribution in [0.5, 0.6) is 0 Å². The molecule has 0 aliphatic carbocycles. The summed E-state index contributed by atoms with van der Waals surface area (Å²) >= 11 is 17.6. The van der Waals surface area contributed by atoms with Gasteiger partial charge in [-0.1, -0.05) is 41.4 Å². The van der Waals surface area contributed by atoms with Gasteiger partial charge in [-0.15, -0.1) is 0 Å². The largest absolute Gasteiger partial charge is 0.451 e. The fraction of sp³-hybridized carbons (Fsp3) is 0. The van der Waals surface area contributed by atoms with E-state index < -0.39 is 10.8 Å². The maximum Gasteiger partial charge on any atom is 0.293 e. The summed E-state index contributed by atoms with van der Waals surface area (Å²) in [6.45, 7) is 0. The number of carbonyl (C=O) groups is 1. The van der Waals surface area contributed by atoms with Crippen LogP contribution in [-0.4, -0.2) is 20.9 Å². The highest BCUT2D eigenvalue weighted by Gasteiger charge is 2.17. The second-order valence-electron chi connectivity index (χ2n) is 7.68. The topological polar surface area (TPSA) is 123 Å². The van der Waals surface area contributed by atoms with Crippen LogP contribution in [-0.2, 0) is 0 Å². The zero-order valence-corrected chi connectivity index (χ0v) is 20.9. The van der Waals surface area contributed by atoms with Gasteiger partial charge in [-0.2, -0.15) is 0 Å². The molecule has 2 N–H and O–H groups in total. The van der Waals surface area contributed by atoms with E-state index in [9.17, 15) is 14.9 Å². The predicted molar refractivity (Wildman–Crippen MR) is 144 cm³/mol. The van der Waals surface area contributed by atoms with Gasteiger partial charge in [-0.25, -0.2) is 4.98 Å². The summed E-state index contributed by atoms with van der Waals surface area (Å²) in [5.74, 6) is 0.0166. The second-order valence-corrected chi connectivity index (χ2v) is 8.88. The molecule has 12 heteroatoms. The lowest BCUT2D eigenvalue weighted by atomic mass is 10.1. The summed E-state index contributed by atoms with van der Waals surface area (Å²) in [5, 5.41) is 17.2. The Balaban J connectivity index is 1.27. The van der Waals surface area contributed by atoms with Crippen LogP contribution in [0.3, 0.4) is 0 Å². The number of nitro groups is 1. The number of anilines is 1. The zero-order chi connectivity index (χ0) is 26.1. The number of fused-ring (bicyclic) bond motifs is 1. The molecule has 0 aliphatic rings. The summed E-state index contributed by atoms with van der Waals surface area (Å²) in [5.41, 5.74) is 2.57. The minimum Gasteiger partial charge on any atom is -0.451 e. The lowest BCUT2D eigenvalue weighted by Crippen LogP contribution is -2.33. The molecule has 5 rings (SSSR count). The molecule has 0 unspecified atom stereocenters. The zero-order valence-electron chi connectivity index (χ0n) is 18.5. The first kappa shape index (κ1) is 24.4. The molecule has 5 aromatic rings. The molecule has 9 nitrogen and oxygen atoms in total. The third kappa shape index (κ3) is 5.17. The van der Waals surface area contributed by atoms with Gasteiger partial charge in [0.05, 0.1) is 20.5 Å². The number of aromatic nitrogens is 1. The first-order chi connectivity index (χ1) is 17.8. The SMILES string of the molecule is O=C(NC(=S)Nc1ccc2oc(-c3cccc(Cl)c3Cl)nc2c1)c1ccc(-c2cccc([N+](=O)[O-])c2)o1. The first-order valence-corrected chi connectivity index (χ1v) is 11.8. The van der Waals surface area contributed by atoms with E-state index in [-0.39, 0.29) is 16.6 Å². The number of nitrogens with one attached hydrogen (secondary N) is 2. The molecule has 0 aliphatic heterocycles. The van der Waals surface area contributed by atoms with Crippen molar-refractivity contribution in [3.8, 4) is 22.8 Å². The average molecular weight is 553 g/mol. The van der Waals surface area contributed by atoms with Crippen molar-refractivity contribution in [1.82, 2.24) is 10.3 Å². The number of hydrogen-bond donors (Lipinski definition) is 2. The highest BCUT2D eigenvalue weighted by atomic mass is 35.5. The van der Waals surface area contributed by atoms with Gasteiger partial charge in [-0.3, -0.25) is 20.2 Å². The third-order valence-corrected chi connectivity index (χ3v) is 6.25. The number of furan rings is 1. The van der Waals surface area contributed by atoms with Gasteiger partial charge in [0.15, 0.2) is 16.5 Å². The van der Waals surface area contributed by atoms with E-state index in [0.29, 0.717) is 49.6 Å². The number of thiocarbonyl (C=S) groups is 1. The number of hydrogen-bond acceptors (Lipinski definition) is 7. The van der Waals surface area contributed by atoms with Crippen LogP contribution in [0.15, 0.2) is 81.6 Å². The van der Waals surface area contributed by atoms with Gasteiger partial charge >= 0.3 is 0 Å². The van der Waals surface area contributed by atoms with E-state index in [1.54, 1.807) is 48.5 Å². The molecule has 0 radical (unpaired) electrons. The molecule has 0 saturated carbocycles. The maximum atomic E-state index is 12.6. The summed E-state index contributed by atoms with van der Waals surface area (Å²) in [7, 11) is 0. The van der Waals surface area contributed by atoms with Crippen LogP contribution in [0.2, 0.25) is 10.0 Å². The number of benzene rings is 3. The van der Waals surface area contributed by atoms with Crippen molar-refractivity contribution in [3.63, 3.8) is 0 Å². The molecule has 0 spiro atoms. The van der Waals surface area contributed by atoms with E-state index in [4.69, 9.17) is 44.3 Å². The molecule has 0 atom stereocenters. The molecule has 184 valence electrons. The van der Waals surface area contributed by atoms with Crippen molar-refractivity contribution in [2.45, 2.75) is 0 Å². The number of carbonyl (C=O) groups excluding carboxylic acids is 1. The minimum absolute atomic E-state index is 0.0133. The predicted octanol–water partition coefficient (Wildman–Crippen LogP) is 7.10. The number of nitro benzene ring substituents is 1. The summed E-state index contributed by atoms with van der Waals surface area (Å²) in [6, 6.07) is 19.2. The van der Waals surface area contributed by atoms with Crippen molar-refractivity contribution < 1.29 is 18.6 Å². The second kappa shape index (κ2) is 10.0. The number of rotatable bonds is 5. The van der Waals surface area contributed by atoms with Gasteiger partial charge < -0.3 is 14.2 Å². The monoisotopic (exact) mass is 552 g/mol. The van der Waals surface area contributed by atoms with Crippen LogP contribution in [0, 0.1) is 10.1 Å². The van der Waals surface area contributed by atoms with Gasteiger partial charge in [0.2, 0.25) is 5.89 Å². The average Bonchev–Trinajstić information content (AvgIpc) is 3.53. The molecule has 3 aromatic carbocycles. The molecule has 0 bridgehead atoms. The van der Waals surface area contributed by atoms with Crippen LogP contribution >= 0.6 is 35.4 Å². The minimum atomic E-state index is -0.588. The van der Waals surface area contributed by atoms with Gasteiger partial charge in [0.1, 0.15) is 11.3 Å². The Morgan fingerprint density at radius 3 is 2.62 bits per heavy atom. The number of amides is 1. The number of halogens is 2. The maximum absolute atomic E-state index is 12.6. The highest BCUT2D eigenvalue weighted by molar-refractivity contribution is 7.80. The van der Waals surface area contributed by atoms with Crippen molar-refractivity contribution >= 4 is 68.9 Å². The number of nitrogens with zero attached hydrogens (tertiary/aromatic N) is 2. The van der Waals surface area contributed by atoms with Crippen molar-refractivity contribution in [3.05, 3.63) is 98.7 Å². The van der Waals surface area contributed by atoms with Crippen LogP contribution in [0.25, 0.3) is 33.9 Å². The molecule has 2 aromatic heterocycles. The lowest BCUT2D eigenvalue weighted by Gasteiger charge is -2.08. The quantitative estimate of drug-likeness (QED) is 0.134. The molecular weight excluding hydrogens is 539 g/mol. The van der Waals surface area contributed by atoms with Crippen LogP contribution in [0.1, 0.15) is 10.6 Å². The highest BCUT2D eigenvalue weighted by Crippen LogP contribution is 2.35. The van der Waals surface area contributed by atoms with Crippen molar-refractivity contribution in [1.29, 1.82) is 0 Å². The smallest absolute Gasteiger partial charge is 0.293 e. The van der Waals surface area contributed by atoms with E-state index >= 15 is 0 Å².